The highest BCUT2D eigenvalue weighted by atomic mass is 79.9. The predicted octanol–water partition coefficient (Wildman–Crippen LogP) is 1.79. The van der Waals surface area contributed by atoms with E-state index in [9.17, 15) is 13.5 Å². The molecule has 0 aromatic heterocycles. The lowest BCUT2D eigenvalue weighted by molar-refractivity contribution is 0.189. The lowest BCUT2D eigenvalue weighted by Gasteiger charge is -2.25. The van der Waals surface area contributed by atoms with Crippen LogP contribution in [0.1, 0.15) is 11.7 Å². The molecular formula is C9H11Br2NO3S. The van der Waals surface area contributed by atoms with Crippen molar-refractivity contribution in [2.75, 3.05) is 12.0 Å². The van der Waals surface area contributed by atoms with Gasteiger partial charge in [0, 0.05) is 11.9 Å². The largest absolute Gasteiger partial charge is 0.399 e. The summed E-state index contributed by atoms with van der Waals surface area (Å²) in [6.45, 7) is 0. The molecule has 0 aliphatic heterocycles. The first kappa shape index (κ1) is 14.0. The van der Waals surface area contributed by atoms with Gasteiger partial charge in [0.25, 0.3) is 0 Å². The van der Waals surface area contributed by atoms with Crippen molar-refractivity contribution < 1.29 is 13.5 Å². The fourth-order valence-electron chi connectivity index (χ4n) is 1.08. The van der Waals surface area contributed by atoms with Crippen LogP contribution in [0, 0.1) is 0 Å². The normalized spacial score (nSPS) is 14.8. The first-order valence-electron chi connectivity index (χ1n) is 4.27. The van der Waals surface area contributed by atoms with Crippen LogP contribution >= 0.6 is 31.9 Å². The van der Waals surface area contributed by atoms with Gasteiger partial charge in [0.2, 0.25) is 2.57 Å². The molecule has 0 amide bonds. The number of alkyl halides is 2. The smallest absolute Gasteiger partial charge is 0.210 e. The van der Waals surface area contributed by atoms with E-state index in [4.69, 9.17) is 5.73 Å². The highest BCUT2D eigenvalue weighted by Gasteiger charge is 2.43. The first-order chi connectivity index (χ1) is 7.16. The molecule has 0 saturated carbocycles. The molecule has 90 valence electrons. The lowest BCUT2D eigenvalue weighted by Crippen LogP contribution is -2.31. The molecule has 0 aliphatic carbocycles. The number of anilines is 1. The average Bonchev–Trinajstić information content (AvgIpc) is 2.16. The van der Waals surface area contributed by atoms with Crippen molar-refractivity contribution in [3.05, 3.63) is 29.8 Å². The summed E-state index contributed by atoms with van der Waals surface area (Å²) in [5, 5.41) is 9.96. The molecule has 0 saturated heterocycles. The van der Waals surface area contributed by atoms with Gasteiger partial charge in [-0.05, 0) is 17.7 Å². The Morgan fingerprint density at radius 3 is 2.12 bits per heavy atom. The van der Waals surface area contributed by atoms with Gasteiger partial charge in [-0.15, -0.1) is 0 Å². The van der Waals surface area contributed by atoms with E-state index in [-0.39, 0.29) is 0 Å². The van der Waals surface area contributed by atoms with Gasteiger partial charge in [-0.1, -0.05) is 44.0 Å². The zero-order valence-corrected chi connectivity index (χ0v) is 12.4. The fourth-order valence-corrected chi connectivity index (χ4v) is 2.15. The first-order valence-corrected chi connectivity index (χ1v) is 7.75. The molecule has 0 bridgehead atoms. The Labute approximate surface area is 111 Å². The second-order valence-electron chi connectivity index (χ2n) is 3.40. The number of benzene rings is 1. The molecule has 1 rings (SSSR count). The monoisotopic (exact) mass is 371 g/mol. The number of hydrogen-bond acceptors (Lipinski definition) is 4. The topological polar surface area (TPSA) is 80.4 Å². The van der Waals surface area contributed by atoms with Crippen LogP contribution in [0.25, 0.3) is 0 Å². The number of halogens is 2. The molecule has 0 fully saturated rings. The van der Waals surface area contributed by atoms with Crippen LogP contribution < -0.4 is 5.73 Å². The Kier molecular flexibility index (Phi) is 4.04. The number of sulfone groups is 1. The number of nitrogens with two attached hydrogens (primary N) is 1. The van der Waals surface area contributed by atoms with Crippen LogP contribution in [0.3, 0.4) is 0 Å². The SMILES string of the molecule is CS(=O)(=O)C(Br)(Br)[C@H](O)c1ccc(N)cc1. The third kappa shape index (κ3) is 2.77. The van der Waals surface area contributed by atoms with Crippen LogP contribution in [0.5, 0.6) is 0 Å². The quantitative estimate of drug-likeness (QED) is 0.626. The maximum atomic E-state index is 11.5. The van der Waals surface area contributed by atoms with Crippen LogP contribution in [0.15, 0.2) is 24.3 Å². The average molecular weight is 373 g/mol. The molecule has 1 aromatic carbocycles. The van der Waals surface area contributed by atoms with Crippen molar-refractivity contribution in [2.45, 2.75) is 8.67 Å². The highest BCUT2D eigenvalue weighted by molar-refractivity contribution is 9.27. The number of nitrogen functional groups attached to an aromatic ring is 1. The summed E-state index contributed by atoms with van der Waals surface area (Å²) >= 11 is 5.94. The van der Waals surface area contributed by atoms with Gasteiger partial charge in [-0.25, -0.2) is 8.42 Å². The van der Waals surface area contributed by atoms with E-state index in [1.807, 2.05) is 0 Å². The summed E-state index contributed by atoms with van der Waals surface area (Å²) in [6, 6.07) is 6.33. The van der Waals surface area contributed by atoms with Crippen LogP contribution in [0.2, 0.25) is 0 Å². The fraction of sp³-hybridized carbons (Fsp3) is 0.333. The van der Waals surface area contributed by atoms with E-state index < -0.39 is 18.5 Å². The molecule has 0 heterocycles. The molecule has 0 aliphatic rings. The molecule has 1 aromatic rings. The molecule has 0 radical (unpaired) electrons. The van der Waals surface area contributed by atoms with Gasteiger partial charge in [0.15, 0.2) is 9.84 Å². The van der Waals surface area contributed by atoms with Crippen molar-refractivity contribution in [3.8, 4) is 0 Å². The van der Waals surface area contributed by atoms with E-state index in [1.165, 1.54) is 0 Å². The van der Waals surface area contributed by atoms with Gasteiger partial charge in [0.05, 0.1) is 0 Å². The van der Waals surface area contributed by atoms with E-state index in [0.29, 0.717) is 11.3 Å². The summed E-state index contributed by atoms with van der Waals surface area (Å²) in [5.74, 6) is 0. The van der Waals surface area contributed by atoms with Crippen LogP contribution in [-0.4, -0.2) is 22.3 Å². The third-order valence-electron chi connectivity index (χ3n) is 2.06. The number of aliphatic hydroxyl groups excluding tert-OH is 1. The standard InChI is InChI=1S/C9H11Br2NO3S/c1-16(14,15)9(10,11)8(13)6-2-4-7(12)5-3-6/h2-5,8,13H,12H2,1H3/t8-/m1/s1. The Bertz CT molecular complexity index is 470. The molecule has 1 atom stereocenters. The molecule has 16 heavy (non-hydrogen) atoms. The Hall–Kier alpha value is -0.110. The Morgan fingerprint density at radius 1 is 1.31 bits per heavy atom. The Balaban J connectivity index is 3.12. The minimum atomic E-state index is -3.51. The minimum absolute atomic E-state index is 0.452. The van der Waals surface area contributed by atoms with Crippen LogP contribution in [-0.2, 0) is 9.84 Å². The maximum absolute atomic E-state index is 11.5. The summed E-state index contributed by atoms with van der Waals surface area (Å²) in [6.07, 6.45) is -0.208. The number of aliphatic hydroxyl groups is 1. The highest BCUT2D eigenvalue weighted by Crippen LogP contribution is 2.43. The van der Waals surface area contributed by atoms with Gasteiger partial charge in [0.1, 0.15) is 6.10 Å². The van der Waals surface area contributed by atoms with Crippen molar-refractivity contribution in [1.29, 1.82) is 0 Å². The number of rotatable bonds is 3. The summed E-state index contributed by atoms with van der Waals surface area (Å²) in [7, 11) is -3.51. The summed E-state index contributed by atoms with van der Waals surface area (Å²) in [5.41, 5.74) is 6.50. The zero-order chi connectivity index (χ0) is 12.6. The second kappa shape index (κ2) is 4.64. The summed E-state index contributed by atoms with van der Waals surface area (Å²) < 4.78 is 21.3. The summed E-state index contributed by atoms with van der Waals surface area (Å²) in [4.78, 5) is 0. The zero-order valence-electron chi connectivity index (χ0n) is 8.39. The van der Waals surface area contributed by atoms with Crippen molar-refractivity contribution >= 4 is 47.4 Å². The van der Waals surface area contributed by atoms with Crippen molar-refractivity contribution in [3.63, 3.8) is 0 Å². The van der Waals surface area contributed by atoms with Gasteiger partial charge in [-0.3, -0.25) is 0 Å². The molecule has 0 spiro atoms. The van der Waals surface area contributed by atoms with E-state index >= 15 is 0 Å². The molecular weight excluding hydrogens is 362 g/mol. The van der Waals surface area contributed by atoms with Crippen molar-refractivity contribution in [2.24, 2.45) is 0 Å². The van der Waals surface area contributed by atoms with Gasteiger partial charge < -0.3 is 10.8 Å². The molecule has 7 heteroatoms. The van der Waals surface area contributed by atoms with E-state index in [1.54, 1.807) is 24.3 Å². The van der Waals surface area contributed by atoms with E-state index in [2.05, 4.69) is 31.9 Å². The van der Waals surface area contributed by atoms with Gasteiger partial charge >= 0.3 is 0 Å². The molecule has 3 N–H and O–H groups in total. The lowest BCUT2D eigenvalue weighted by atomic mass is 10.1. The maximum Gasteiger partial charge on any atom is 0.210 e. The third-order valence-corrected chi connectivity index (χ3v) is 7.67. The Morgan fingerprint density at radius 2 is 1.75 bits per heavy atom. The minimum Gasteiger partial charge on any atom is -0.399 e. The molecule has 4 nitrogen and oxygen atoms in total. The van der Waals surface area contributed by atoms with Crippen LogP contribution in [0.4, 0.5) is 5.69 Å². The van der Waals surface area contributed by atoms with E-state index in [0.717, 1.165) is 6.26 Å². The van der Waals surface area contributed by atoms with Crippen molar-refractivity contribution in [1.82, 2.24) is 0 Å². The molecule has 0 unspecified atom stereocenters. The predicted molar refractivity (Wildman–Crippen MR) is 71.2 cm³/mol. The second-order valence-corrected chi connectivity index (χ2v) is 10.2. The number of hydrogen-bond donors (Lipinski definition) is 2. The van der Waals surface area contributed by atoms with Gasteiger partial charge in [-0.2, -0.15) is 0 Å².